The molecule has 0 radical (unpaired) electrons. The summed E-state index contributed by atoms with van der Waals surface area (Å²) in [6.45, 7) is 6.49. The first-order valence-electron chi connectivity index (χ1n) is 8.65. The van der Waals surface area contributed by atoms with E-state index in [2.05, 4.69) is 20.0 Å². The summed E-state index contributed by atoms with van der Waals surface area (Å²) >= 11 is 0. The fourth-order valence-corrected chi connectivity index (χ4v) is 3.29. The summed E-state index contributed by atoms with van der Waals surface area (Å²) < 4.78 is 20.3. The minimum Gasteiger partial charge on any atom is -0.383 e. The van der Waals surface area contributed by atoms with E-state index in [-0.39, 0.29) is 24.2 Å². The maximum absolute atomic E-state index is 13.0. The summed E-state index contributed by atoms with van der Waals surface area (Å²) in [5.41, 5.74) is 3.16. The number of nitrogens with zero attached hydrogens (tertiary/aromatic N) is 5. The molecule has 0 saturated carbocycles. The average Bonchev–Trinajstić information content (AvgIpc) is 3.20. The number of benzene rings is 1. The van der Waals surface area contributed by atoms with Crippen molar-refractivity contribution in [3.8, 4) is 11.4 Å². The van der Waals surface area contributed by atoms with Crippen LogP contribution >= 0.6 is 0 Å². The number of rotatable bonds is 7. The summed E-state index contributed by atoms with van der Waals surface area (Å²) in [7, 11) is 1.66. The van der Waals surface area contributed by atoms with Gasteiger partial charge < -0.3 is 9.30 Å². The van der Waals surface area contributed by atoms with Gasteiger partial charge in [-0.15, -0.1) is 10.2 Å². The number of ether oxygens (including phenoxy) is 1. The summed E-state index contributed by atoms with van der Waals surface area (Å²) in [5.74, 6) is -0.0802. The molecule has 7 nitrogen and oxygen atoms in total. The number of hydrogen-bond acceptors (Lipinski definition) is 5. The summed E-state index contributed by atoms with van der Waals surface area (Å²) in [6, 6.07) is 7.81. The molecule has 0 aliphatic rings. The number of aryl methyl sites for hydroxylation is 1. The topological polar surface area (TPSA) is 74.8 Å². The lowest BCUT2D eigenvalue weighted by Crippen LogP contribution is -2.16. The Kier molecular flexibility index (Phi) is 5.46. The third kappa shape index (κ3) is 3.95. The molecule has 0 spiro atoms. The molecular formula is C19H22FN5O2. The Hall–Kier alpha value is -2.87. The van der Waals surface area contributed by atoms with Crippen molar-refractivity contribution < 1.29 is 13.9 Å². The number of ketones is 1. The Labute approximate surface area is 156 Å². The molecule has 0 aliphatic heterocycles. The predicted molar refractivity (Wildman–Crippen MR) is 98.0 cm³/mol. The van der Waals surface area contributed by atoms with Gasteiger partial charge in [0.25, 0.3) is 0 Å². The summed E-state index contributed by atoms with van der Waals surface area (Å²) in [6.07, 6.45) is 0. The van der Waals surface area contributed by atoms with Crippen molar-refractivity contribution in [1.82, 2.24) is 24.8 Å². The molecule has 0 unspecified atom stereocenters. The molecular weight excluding hydrogens is 349 g/mol. The van der Waals surface area contributed by atoms with Crippen LogP contribution in [0, 0.1) is 19.7 Å². The van der Waals surface area contributed by atoms with Gasteiger partial charge >= 0.3 is 0 Å². The Morgan fingerprint density at radius 3 is 2.63 bits per heavy atom. The minimum atomic E-state index is -0.334. The van der Waals surface area contributed by atoms with E-state index in [1.54, 1.807) is 19.2 Å². The highest BCUT2D eigenvalue weighted by Gasteiger charge is 2.20. The molecule has 2 aromatic heterocycles. The van der Waals surface area contributed by atoms with Crippen LogP contribution in [0.15, 0.2) is 30.3 Å². The van der Waals surface area contributed by atoms with Crippen LogP contribution in [0.25, 0.3) is 11.4 Å². The van der Waals surface area contributed by atoms with Crippen molar-refractivity contribution in [2.45, 2.75) is 33.4 Å². The van der Waals surface area contributed by atoms with E-state index in [1.165, 1.54) is 16.9 Å². The molecule has 8 heteroatoms. The lowest BCUT2D eigenvalue weighted by atomic mass is 10.1. The number of carbonyl (C=O) groups excluding carboxylic acids is 1. The van der Waals surface area contributed by atoms with Gasteiger partial charge in [0, 0.05) is 29.6 Å². The summed E-state index contributed by atoms with van der Waals surface area (Å²) in [5, 5.41) is 12.1. The SMILES string of the molecule is COC[C@H](C)n1c(C)cc(C(=O)Cn2nnc(-c3ccc(F)cc3)n2)c1C. The van der Waals surface area contributed by atoms with E-state index in [4.69, 9.17) is 4.74 Å². The van der Waals surface area contributed by atoms with Crippen LogP contribution in [-0.2, 0) is 11.3 Å². The summed E-state index contributed by atoms with van der Waals surface area (Å²) in [4.78, 5) is 14.0. The number of hydrogen-bond donors (Lipinski definition) is 0. The van der Waals surface area contributed by atoms with Crippen LogP contribution < -0.4 is 0 Å². The Balaban J connectivity index is 1.78. The number of tetrazole rings is 1. The Morgan fingerprint density at radius 2 is 1.96 bits per heavy atom. The second-order valence-electron chi connectivity index (χ2n) is 6.53. The third-order valence-corrected chi connectivity index (χ3v) is 4.47. The standard InChI is InChI=1S/C19H22FN5O2/c1-12-9-17(14(3)25(12)13(2)11-27-4)18(26)10-24-22-19(21-23-24)15-5-7-16(20)8-6-15/h5-9,13H,10-11H2,1-4H3/t13-/m0/s1. The molecule has 0 amide bonds. The highest BCUT2D eigenvalue weighted by Crippen LogP contribution is 2.21. The number of halogens is 1. The van der Waals surface area contributed by atoms with Gasteiger partial charge in [-0.2, -0.15) is 4.80 Å². The number of carbonyl (C=O) groups is 1. The van der Waals surface area contributed by atoms with Crippen molar-refractivity contribution in [2.24, 2.45) is 0 Å². The van der Waals surface area contributed by atoms with Gasteiger partial charge in [0.2, 0.25) is 5.82 Å². The lowest BCUT2D eigenvalue weighted by molar-refractivity contribution is 0.0960. The van der Waals surface area contributed by atoms with Crippen molar-refractivity contribution >= 4 is 5.78 Å². The Morgan fingerprint density at radius 1 is 1.26 bits per heavy atom. The third-order valence-electron chi connectivity index (χ3n) is 4.47. The monoisotopic (exact) mass is 371 g/mol. The predicted octanol–water partition coefficient (Wildman–Crippen LogP) is 2.99. The van der Waals surface area contributed by atoms with Gasteiger partial charge in [-0.1, -0.05) is 0 Å². The molecule has 1 atom stereocenters. The molecule has 3 aromatic rings. The normalized spacial score (nSPS) is 12.3. The first-order valence-corrected chi connectivity index (χ1v) is 8.65. The van der Waals surface area contributed by atoms with Crippen molar-refractivity contribution in [3.05, 3.63) is 53.1 Å². The maximum atomic E-state index is 13.0. The van der Waals surface area contributed by atoms with Gasteiger partial charge in [-0.25, -0.2) is 4.39 Å². The molecule has 0 saturated heterocycles. The molecule has 27 heavy (non-hydrogen) atoms. The van der Waals surface area contributed by atoms with E-state index < -0.39 is 0 Å². The van der Waals surface area contributed by atoms with Crippen LogP contribution in [0.1, 0.15) is 34.7 Å². The Bertz CT molecular complexity index is 946. The molecule has 0 bridgehead atoms. The first-order chi connectivity index (χ1) is 12.9. The average molecular weight is 371 g/mol. The molecule has 2 heterocycles. The van der Waals surface area contributed by atoms with Gasteiger partial charge in [-0.05, 0) is 56.3 Å². The fraction of sp³-hybridized carbons (Fsp3) is 0.368. The van der Waals surface area contributed by atoms with Crippen molar-refractivity contribution in [3.63, 3.8) is 0 Å². The number of Topliss-reactive ketones (excluding diaryl/α,β-unsaturated/α-hetero) is 1. The van der Waals surface area contributed by atoms with E-state index in [0.717, 1.165) is 11.4 Å². The zero-order valence-corrected chi connectivity index (χ0v) is 15.8. The van der Waals surface area contributed by atoms with Crippen LogP contribution in [0.5, 0.6) is 0 Å². The highest BCUT2D eigenvalue weighted by atomic mass is 19.1. The quantitative estimate of drug-likeness (QED) is 0.597. The fourth-order valence-electron chi connectivity index (χ4n) is 3.29. The second-order valence-corrected chi connectivity index (χ2v) is 6.53. The number of methoxy groups -OCH3 is 1. The largest absolute Gasteiger partial charge is 0.383 e. The van der Waals surface area contributed by atoms with Gasteiger partial charge in [-0.3, -0.25) is 4.79 Å². The molecule has 0 aliphatic carbocycles. The maximum Gasteiger partial charge on any atom is 0.204 e. The van der Waals surface area contributed by atoms with Crippen LogP contribution in [0.2, 0.25) is 0 Å². The second kappa shape index (κ2) is 7.79. The molecule has 142 valence electrons. The molecule has 1 aromatic carbocycles. The van der Waals surface area contributed by atoms with Crippen LogP contribution in [0.3, 0.4) is 0 Å². The van der Waals surface area contributed by atoms with Crippen LogP contribution in [0.4, 0.5) is 4.39 Å². The number of aromatic nitrogens is 5. The smallest absolute Gasteiger partial charge is 0.204 e. The van der Waals surface area contributed by atoms with Crippen molar-refractivity contribution in [1.29, 1.82) is 0 Å². The molecule has 0 fully saturated rings. The highest BCUT2D eigenvalue weighted by molar-refractivity contribution is 5.97. The van der Waals surface area contributed by atoms with Gasteiger partial charge in [0.1, 0.15) is 12.4 Å². The van der Waals surface area contributed by atoms with Gasteiger partial charge in [0.05, 0.1) is 12.6 Å². The van der Waals surface area contributed by atoms with E-state index in [9.17, 15) is 9.18 Å². The van der Waals surface area contributed by atoms with Crippen LogP contribution in [-0.4, -0.2) is 44.3 Å². The zero-order valence-electron chi connectivity index (χ0n) is 15.8. The van der Waals surface area contributed by atoms with E-state index >= 15 is 0 Å². The minimum absolute atomic E-state index is 0.0167. The molecule has 0 N–H and O–H groups in total. The van der Waals surface area contributed by atoms with E-state index in [1.807, 2.05) is 26.8 Å². The molecule has 3 rings (SSSR count). The van der Waals surface area contributed by atoms with Crippen molar-refractivity contribution in [2.75, 3.05) is 13.7 Å². The zero-order chi connectivity index (χ0) is 19.6. The van der Waals surface area contributed by atoms with Gasteiger partial charge in [0.15, 0.2) is 5.78 Å². The first kappa shape index (κ1) is 18.9. The van der Waals surface area contributed by atoms with E-state index in [0.29, 0.717) is 23.6 Å². The lowest BCUT2D eigenvalue weighted by Gasteiger charge is -2.17.